The molecule has 0 bridgehead atoms. The quantitative estimate of drug-likeness (QED) is 0.413. The van der Waals surface area contributed by atoms with Gasteiger partial charge in [-0.3, -0.25) is 9.59 Å². The van der Waals surface area contributed by atoms with Crippen LogP contribution < -0.4 is 5.32 Å². The Labute approximate surface area is 204 Å². The molecule has 1 N–H and O–H groups in total. The lowest BCUT2D eigenvalue weighted by Crippen LogP contribution is -2.46. The molecule has 1 unspecified atom stereocenters. The molecule has 1 fully saturated rings. The lowest BCUT2D eigenvalue weighted by atomic mass is 10.0. The van der Waals surface area contributed by atoms with Gasteiger partial charge in [-0.05, 0) is 54.2 Å². The van der Waals surface area contributed by atoms with Gasteiger partial charge in [-0.1, -0.05) is 59.8 Å². The molecular formula is C22H20Cl3N3O3S. The van der Waals surface area contributed by atoms with E-state index in [1.807, 2.05) is 0 Å². The molecule has 168 valence electrons. The number of carbonyl (C=O) groups excluding carboxylic acids is 2. The first-order chi connectivity index (χ1) is 15.4. The normalized spacial score (nSPS) is 15.0. The zero-order chi connectivity index (χ0) is 22.7. The van der Waals surface area contributed by atoms with Crippen molar-refractivity contribution in [1.29, 1.82) is 0 Å². The molecule has 2 amide bonds. The van der Waals surface area contributed by atoms with Crippen molar-refractivity contribution in [3.8, 4) is 0 Å². The van der Waals surface area contributed by atoms with E-state index in [1.54, 1.807) is 36.4 Å². The summed E-state index contributed by atoms with van der Waals surface area (Å²) in [6.07, 6.45) is 5.48. The average molecular weight is 513 g/mol. The third-order valence-corrected chi connectivity index (χ3v) is 7.28. The topological polar surface area (TPSA) is 75.4 Å². The van der Waals surface area contributed by atoms with Gasteiger partial charge in [0.1, 0.15) is 21.2 Å². The number of nitrogens with zero attached hydrogens (tertiary/aromatic N) is 2. The van der Waals surface area contributed by atoms with Crippen LogP contribution in [0, 0.1) is 0 Å². The van der Waals surface area contributed by atoms with Gasteiger partial charge >= 0.3 is 0 Å². The Bertz CT molecular complexity index is 1080. The van der Waals surface area contributed by atoms with Crippen LogP contribution >= 0.6 is 46.3 Å². The molecule has 0 aliphatic heterocycles. The van der Waals surface area contributed by atoms with E-state index in [9.17, 15) is 9.59 Å². The Hall–Kier alpha value is -2.06. The second-order valence-electron chi connectivity index (χ2n) is 7.58. The maximum absolute atomic E-state index is 13.6. The lowest BCUT2D eigenvalue weighted by molar-refractivity contribution is -0.126. The molecule has 1 aromatic carbocycles. The van der Waals surface area contributed by atoms with Crippen LogP contribution in [0.15, 0.2) is 47.1 Å². The molecule has 0 spiro atoms. The van der Waals surface area contributed by atoms with Crippen LogP contribution in [-0.4, -0.2) is 27.1 Å². The van der Waals surface area contributed by atoms with Gasteiger partial charge in [0.15, 0.2) is 5.69 Å². The van der Waals surface area contributed by atoms with Crippen LogP contribution in [0.2, 0.25) is 14.4 Å². The van der Waals surface area contributed by atoms with Crippen LogP contribution in [-0.2, 0) is 11.3 Å². The first kappa shape index (κ1) is 23.1. The number of halogens is 3. The van der Waals surface area contributed by atoms with Crippen molar-refractivity contribution in [1.82, 2.24) is 14.6 Å². The van der Waals surface area contributed by atoms with Crippen molar-refractivity contribution in [2.24, 2.45) is 0 Å². The summed E-state index contributed by atoms with van der Waals surface area (Å²) in [6.45, 7) is 0.0443. The molecule has 2 aromatic heterocycles. The van der Waals surface area contributed by atoms with E-state index < -0.39 is 11.9 Å². The molecule has 1 saturated carbocycles. The van der Waals surface area contributed by atoms with E-state index in [-0.39, 0.29) is 33.5 Å². The fraction of sp³-hybridized carbons (Fsp3) is 0.318. The molecular weight excluding hydrogens is 493 g/mol. The number of benzene rings is 1. The van der Waals surface area contributed by atoms with Gasteiger partial charge in [0.05, 0.1) is 12.8 Å². The number of carbonyl (C=O) groups is 2. The van der Waals surface area contributed by atoms with Crippen LogP contribution in [0.3, 0.4) is 0 Å². The number of furan rings is 1. The zero-order valence-electron chi connectivity index (χ0n) is 16.9. The van der Waals surface area contributed by atoms with Crippen LogP contribution in [0.4, 0.5) is 0 Å². The summed E-state index contributed by atoms with van der Waals surface area (Å²) in [5.74, 6) is -0.281. The molecule has 0 radical (unpaired) electrons. The van der Waals surface area contributed by atoms with Crippen molar-refractivity contribution >= 4 is 58.1 Å². The van der Waals surface area contributed by atoms with Crippen molar-refractivity contribution in [3.05, 3.63) is 74.1 Å². The third kappa shape index (κ3) is 5.12. The highest BCUT2D eigenvalue weighted by Gasteiger charge is 2.36. The summed E-state index contributed by atoms with van der Waals surface area (Å²) in [4.78, 5) is 28.5. The summed E-state index contributed by atoms with van der Waals surface area (Å²) >= 11 is 19.3. The van der Waals surface area contributed by atoms with Crippen molar-refractivity contribution < 1.29 is 14.0 Å². The largest absolute Gasteiger partial charge is 0.467 e. The molecule has 1 aliphatic rings. The molecule has 6 nitrogen and oxygen atoms in total. The minimum Gasteiger partial charge on any atom is -0.467 e. The fourth-order valence-electron chi connectivity index (χ4n) is 3.85. The predicted molar refractivity (Wildman–Crippen MR) is 125 cm³/mol. The Morgan fingerprint density at radius 3 is 2.47 bits per heavy atom. The molecule has 32 heavy (non-hydrogen) atoms. The van der Waals surface area contributed by atoms with Crippen molar-refractivity contribution in [2.45, 2.75) is 44.3 Å². The minimum atomic E-state index is -0.943. The molecule has 10 heteroatoms. The molecule has 2 heterocycles. The smallest absolute Gasteiger partial charge is 0.276 e. The fourth-order valence-corrected chi connectivity index (χ4v) is 4.96. The highest BCUT2D eigenvalue weighted by atomic mass is 35.5. The van der Waals surface area contributed by atoms with Gasteiger partial charge in [-0.2, -0.15) is 4.37 Å². The van der Waals surface area contributed by atoms with Crippen molar-refractivity contribution in [3.63, 3.8) is 0 Å². The minimum absolute atomic E-state index is 0.000790. The van der Waals surface area contributed by atoms with Crippen LogP contribution in [0.1, 0.15) is 53.5 Å². The highest BCUT2D eigenvalue weighted by Crippen LogP contribution is 2.34. The zero-order valence-corrected chi connectivity index (χ0v) is 20.0. The van der Waals surface area contributed by atoms with Gasteiger partial charge in [0, 0.05) is 11.1 Å². The van der Waals surface area contributed by atoms with E-state index >= 15 is 0 Å². The number of hydrogen-bond acceptors (Lipinski definition) is 5. The number of rotatable bonds is 7. The van der Waals surface area contributed by atoms with E-state index in [0.29, 0.717) is 16.3 Å². The summed E-state index contributed by atoms with van der Waals surface area (Å²) < 4.78 is 9.82. The van der Waals surface area contributed by atoms with Gasteiger partial charge in [-0.15, -0.1) is 0 Å². The second-order valence-corrected chi connectivity index (χ2v) is 9.77. The summed E-state index contributed by atoms with van der Waals surface area (Å²) in [5.41, 5.74) is 0.614. The third-order valence-electron chi connectivity index (χ3n) is 5.41. The number of amides is 2. The molecule has 0 saturated heterocycles. The van der Waals surface area contributed by atoms with Gasteiger partial charge in [0.25, 0.3) is 5.91 Å². The second kappa shape index (κ2) is 10.3. The summed E-state index contributed by atoms with van der Waals surface area (Å²) in [6, 6.07) is 9.45. The van der Waals surface area contributed by atoms with Crippen LogP contribution in [0.25, 0.3) is 0 Å². The van der Waals surface area contributed by atoms with Gasteiger partial charge in [-0.25, -0.2) is 0 Å². The SMILES string of the molecule is O=C(NC1CCCC1)C(c1ccc(Cl)cc1)N(Cc1ccco1)C(=O)c1nsc(Cl)c1Cl. The maximum atomic E-state index is 13.6. The number of nitrogens with one attached hydrogen (secondary N) is 1. The standard InChI is InChI=1S/C22H20Cl3N3O3S/c23-14-9-7-13(8-10-14)19(21(29)26-15-4-1-2-5-15)28(12-16-6-3-11-31-16)22(30)18-17(24)20(25)32-27-18/h3,6-11,15,19H,1-2,4-5,12H2,(H,26,29). The van der Waals surface area contributed by atoms with Crippen LogP contribution in [0.5, 0.6) is 0 Å². The first-order valence-corrected chi connectivity index (χ1v) is 12.0. The Morgan fingerprint density at radius 1 is 1.16 bits per heavy atom. The average Bonchev–Trinajstić information content (AvgIpc) is 3.53. The molecule has 1 aliphatic carbocycles. The first-order valence-electron chi connectivity index (χ1n) is 10.1. The molecule has 4 rings (SSSR count). The molecule has 3 aromatic rings. The summed E-state index contributed by atoms with van der Waals surface area (Å²) in [5, 5.41) is 3.70. The van der Waals surface area contributed by atoms with E-state index in [1.165, 1.54) is 11.2 Å². The van der Waals surface area contributed by atoms with Crippen molar-refractivity contribution in [2.75, 3.05) is 0 Å². The number of hydrogen-bond donors (Lipinski definition) is 1. The predicted octanol–water partition coefficient (Wildman–Crippen LogP) is 6.14. The Balaban J connectivity index is 1.75. The monoisotopic (exact) mass is 511 g/mol. The van der Waals surface area contributed by atoms with Gasteiger partial charge < -0.3 is 14.6 Å². The lowest BCUT2D eigenvalue weighted by Gasteiger charge is -2.31. The summed E-state index contributed by atoms with van der Waals surface area (Å²) in [7, 11) is 0. The molecule has 1 atom stereocenters. The highest BCUT2D eigenvalue weighted by molar-refractivity contribution is 7.11. The maximum Gasteiger partial charge on any atom is 0.276 e. The van der Waals surface area contributed by atoms with E-state index in [2.05, 4.69) is 9.69 Å². The Kier molecular flexibility index (Phi) is 7.40. The van der Waals surface area contributed by atoms with E-state index in [0.717, 1.165) is 37.2 Å². The van der Waals surface area contributed by atoms with Gasteiger partial charge in [0.2, 0.25) is 5.91 Å². The number of aromatic nitrogens is 1. The Morgan fingerprint density at radius 2 is 1.88 bits per heavy atom. The van der Waals surface area contributed by atoms with E-state index in [4.69, 9.17) is 39.2 Å².